The Bertz CT molecular complexity index is 540. The van der Waals surface area contributed by atoms with Crippen LogP contribution in [0.15, 0.2) is 33.8 Å². The molecule has 0 aromatic heterocycles. The van der Waals surface area contributed by atoms with Crippen molar-refractivity contribution in [2.75, 3.05) is 0 Å². The van der Waals surface area contributed by atoms with Crippen molar-refractivity contribution in [2.45, 2.75) is 32.6 Å². The summed E-state index contributed by atoms with van der Waals surface area (Å²) in [7, 11) is 0. The number of amides is 1. The van der Waals surface area contributed by atoms with Crippen molar-refractivity contribution in [3.05, 3.63) is 34.3 Å². The van der Waals surface area contributed by atoms with Crippen LogP contribution in [-0.4, -0.2) is 12.1 Å². The van der Waals surface area contributed by atoms with Gasteiger partial charge in [0.1, 0.15) is 0 Å². The van der Waals surface area contributed by atoms with Gasteiger partial charge in [0.15, 0.2) is 0 Å². The minimum atomic E-state index is 0.0905. The van der Waals surface area contributed by atoms with Crippen LogP contribution in [0.5, 0.6) is 0 Å². The number of fused-ring (bicyclic) bond motifs is 1. The Morgan fingerprint density at radius 3 is 2.80 bits per heavy atom. The molecule has 2 fully saturated rings. The molecule has 3 rings (SSSR count). The lowest BCUT2D eigenvalue weighted by molar-refractivity contribution is -0.123. The Morgan fingerprint density at radius 2 is 2.15 bits per heavy atom. The Hall–Kier alpha value is -1.16. The van der Waals surface area contributed by atoms with E-state index in [0.29, 0.717) is 5.92 Å². The van der Waals surface area contributed by atoms with Crippen LogP contribution >= 0.6 is 15.9 Å². The van der Waals surface area contributed by atoms with E-state index in [0.717, 1.165) is 10.0 Å². The van der Waals surface area contributed by atoms with Gasteiger partial charge in [-0.05, 0) is 41.9 Å². The SMILES string of the molecule is C[C@]12CCCC[C@@H]1[C@H]2C(=O)N/N=C\c1ccc(Br)cc1. The third kappa shape index (κ3) is 2.53. The maximum absolute atomic E-state index is 12.2. The van der Waals surface area contributed by atoms with E-state index in [1.807, 2.05) is 24.3 Å². The third-order valence-electron chi connectivity index (χ3n) is 4.87. The Labute approximate surface area is 128 Å². The Kier molecular flexibility index (Phi) is 3.67. The minimum Gasteiger partial charge on any atom is -0.273 e. The molecule has 1 aromatic rings. The molecule has 3 atom stereocenters. The zero-order valence-electron chi connectivity index (χ0n) is 11.6. The van der Waals surface area contributed by atoms with Crippen molar-refractivity contribution in [1.82, 2.24) is 5.43 Å². The molecule has 20 heavy (non-hydrogen) atoms. The van der Waals surface area contributed by atoms with Gasteiger partial charge >= 0.3 is 0 Å². The molecule has 3 nitrogen and oxygen atoms in total. The molecule has 1 N–H and O–H groups in total. The van der Waals surface area contributed by atoms with Crippen LogP contribution in [0.3, 0.4) is 0 Å². The molecule has 0 spiro atoms. The van der Waals surface area contributed by atoms with Crippen molar-refractivity contribution in [3.63, 3.8) is 0 Å². The summed E-state index contributed by atoms with van der Waals surface area (Å²) in [6, 6.07) is 7.83. The molecular weight excluding hydrogens is 316 g/mol. The molecule has 0 unspecified atom stereocenters. The molecule has 2 aliphatic rings. The van der Waals surface area contributed by atoms with Gasteiger partial charge in [-0.25, -0.2) is 5.43 Å². The molecule has 0 bridgehead atoms. The minimum absolute atomic E-state index is 0.0905. The summed E-state index contributed by atoms with van der Waals surface area (Å²) < 4.78 is 1.04. The Balaban J connectivity index is 1.56. The molecule has 1 amide bonds. The van der Waals surface area contributed by atoms with Crippen LogP contribution in [0.1, 0.15) is 38.2 Å². The summed E-state index contributed by atoms with van der Waals surface area (Å²) >= 11 is 3.39. The summed E-state index contributed by atoms with van der Waals surface area (Å²) in [4.78, 5) is 12.2. The molecular formula is C16H19BrN2O. The molecule has 0 heterocycles. The molecule has 106 valence electrons. The average molecular weight is 335 g/mol. The number of nitrogens with zero attached hydrogens (tertiary/aromatic N) is 1. The van der Waals surface area contributed by atoms with Gasteiger partial charge in [-0.1, -0.05) is 47.8 Å². The number of nitrogens with one attached hydrogen (secondary N) is 1. The van der Waals surface area contributed by atoms with Crippen molar-refractivity contribution in [3.8, 4) is 0 Å². The van der Waals surface area contributed by atoms with Gasteiger partial charge in [-0.3, -0.25) is 4.79 Å². The number of carbonyl (C=O) groups is 1. The molecule has 1 aromatic carbocycles. The van der Waals surface area contributed by atoms with Gasteiger partial charge in [-0.2, -0.15) is 5.10 Å². The van der Waals surface area contributed by atoms with Gasteiger partial charge in [0.2, 0.25) is 5.91 Å². The lowest BCUT2D eigenvalue weighted by Gasteiger charge is -2.15. The average Bonchev–Trinajstić information content (AvgIpc) is 3.06. The van der Waals surface area contributed by atoms with E-state index in [1.165, 1.54) is 25.7 Å². The maximum Gasteiger partial charge on any atom is 0.244 e. The standard InChI is InChI=1S/C16H19BrN2O/c1-16-9-3-2-4-13(16)14(16)15(20)19-18-10-11-5-7-12(17)8-6-11/h5-8,10,13-14H,2-4,9H2,1H3,(H,19,20)/b18-10-/t13-,14+,16+/m1/s1. The zero-order valence-corrected chi connectivity index (χ0v) is 13.2. The fraction of sp³-hybridized carbons (Fsp3) is 0.500. The summed E-state index contributed by atoms with van der Waals surface area (Å²) in [5.41, 5.74) is 3.93. The van der Waals surface area contributed by atoms with Crippen LogP contribution < -0.4 is 5.43 Å². The number of carbonyl (C=O) groups excluding carboxylic acids is 1. The highest BCUT2D eigenvalue weighted by Gasteiger charge is 2.64. The third-order valence-corrected chi connectivity index (χ3v) is 5.40. The van der Waals surface area contributed by atoms with Crippen LogP contribution in [0.25, 0.3) is 0 Å². The lowest BCUT2D eigenvalue weighted by atomic mass is 9.90. The number of rotatable bonds is 3. The second-order valence-electron chi connectivity index (χ2n) is 6.12. The van der Waals surface area contributed by atoms with E-state index in [4.69, 9.17) is 0 Å². The molecule has 2 saturated carbocycles. The normalized spacial score (nSPS) is 31.9. The van der Waals surface area contributed by atoms with E-state index < -0.39 is 0 Å². The molecule has 0 aliphatic heterocycles. The molecule has 4 heteroatoms. The first-order valence-electron chi connectivity index (χ1n) is 7.20. The van der Waals surface area contributed by atoms with Crippen molar-refractivity contribution in [1.29, 1.82) is 0 Å². The van der Waals surface area contributed by atoms with Crippen LogP contribution in [0.4, 0.5) is 0 Å². The largest absolute Gasteiger partial charge is 0.273 e. The molecule has 0 saturated heterocycles. The fourth-order valence-electron chi connectivity index (χ4n) is 3.64. The van der Waals surface area contributed by atoms with Crippen molar-refractivity contribution < 1.29 is 4.79 Å². The predicted octanol–water partition coefficient (Wildman–Crippen LogP) is 3.73. The van der Waals surface area contributed by atoms with Crippen molar-refractivity contribution >= 4 is 28.1 Å². The van der Waals surface area contributed by atoms with Crippen molar-refractivity contribution in [2.24, 2.45) is 22.4 Å². The van der Waals surface area contributed by atoms with Crippen LogP contribution in [0.2, 0.25) is 0 Å². The number of hydrazone groups is 1. The number of benzene rings is 1. The van der Waals surface area contributed by atoms with Gasteiger partial charge in [0.25, 0.3) is 0 Å². The first-order chi connectivity index (χ1) is 9.61. The number of hydrogen-bond acceptors (Lipinski definition) is 2. The lowest BCUT2D eigenvalue weighted by Crippen LogP contribution is -2.22. The monoisotopic (exact) mass is 334 g/mol. The number of hydrogen-bond donors (Lipinski definition) is 1. The second-order valence-corrected chi connectivity index (χ2v) is 7.04. The van der Waals surface area contributed by atoms with E-state index in [1.54, 1.807) is 6.21 Å². The highest BCUT2D eigenvalue weighted by Crippen LogP contribution is 2.66. The second kappa shape index (κ2) is 5.32. The summed E-state index contributed by atoms with van der Waals surface area (Å²) in [5.74, 6) is 0.846. The van der Waals surface area contributed by atoms with Crippen LogP contribution in [0, 0.1) is 17.3 Å². The van der Waals surface area contributed by atoms with Gasteiger partial charge in [-0.15, -0.1) is 0 Å². The van der Waals surface area contributed by atoms with Gasteiger partial charge in [0.05, 0.1) is 6.21 Å². The topological polar surface area (TPSA) is 41.5 Å². The first kappa shape index (κ1) is 13.8. The molecule has 2 aliphatic carbocycles. The van der Waals surface area contributed by atoms with Crippen LogP contribution in [-0.2, 0) is 4.79 Å². The van der Waals surface area contributed by atoms with E-state index in [-0.39, 0.29) is 17.2 Å². The maximum atomic E-state index is 12.2. The fourth-order valence-corrected chi connectivity index (χ4v) is 3.90. The molecule has 0 radical (unpaired) electrons. The summed E-state index contributed by atoms with van der Waals surface area (Å²) in [6.07, 6.45) is 6.61. The summed E-state index contributed by atoms with van der Waals surface area (Å²) in [6.45, 7) is 2.25. The smallest absolute Gasteiger partial charge is 0.244 e. The Morgan fingerprint density at radius 1 is 1.40 bits per heavy atom. The highest BCUT2D eigenvalue weighted by atomic mass is 79.9. The van der Waals surface area contributed by atoms with E-state index in [9.17, 15) is 4.79 Å². The predicted molar refractivity (Wildman–Crippen MR) is 83.4 cm³/mol. The highest BCUT2D eigenvalue weighted by molar-refractivity contribution is 9.10. The van der Waals surface area contributed by atoms with E-state index in [2.05, 4.69) is 33.4 Å². The van der Waals surface area contributed by atoms with E-state index >= 15 is 0 Å². The number of halogens is 1. The first-order valence-corrected chi connectivity index (χ1v) is 7.99. The van der Waals surface area contributed by atoms with Gasteiger partial charge in [0, 0.05) is 10.4 Å². The summed E-state index contributed by atoms with van der Waals surface area (Å²) in [5, 5.41) is 4.08. The van der Waals surface area contributed by atoms with Gasteiger partial charge < -0.3 is 0 Å². The zero-order chi connectivity index (χ0) is 14.2. The quantitative estimate of drug-likeness (QED) is 0.664.